The molecule has 1 amide bonds. The molecule has 8 heteroatoms. The zero-order chi connectivity index (χ0) is 17.6. The van der Waals surface area contributed by atoms with Crippen LogP contribution in [-0.2, 0) is 6.42 Å². The summed E-state index contributed by atoms with van der Waals surface area (Å²) < 4.78 is 0. The van der Waals surface area contributed by atoms with Crippen LogP contribution in [0, 0.1) is 0 Å². The molecule has 0 aliphatic heterocycles. The number of carboxylic acid groups (broad SMARTS) is 1. The van der Waals surface area contributed by atoms with Crippen LogP contribution < -0.4 is 5.32 Å². The van der Waals surface area contributed by atoms with Crippen molar-refractivity contribution in [1.29, 1.82) is 0 Å². The molecule has 3 aromatic rings. The van der Waals surface area contributed by atoms with Gasteiger partial charge in [-0.1, -0.05) is 12.1 Å². The number of benzene rings is 1. The van der Waals surface area contributed by atoms with Gasteiger partial charge in [0.05, 0.1) is 11.8 Å². The SMILES string of the molecule is O=C(O)c1ccc(CCNC(=O)c2cnc(-c3ncccn3)s2)cc1. The number of hydrogen-bond acceptors (Lipinski definition) is 6. The minimum atomic E-state index is -0.955. The number of carboxylic acids is 1. The van der Waals surface area contributed by atoms with E-state index < -0.39 is 5.97 Å². The number of nitrogens with one attached hydrogen (secondary N) is 1. The number of nitrogens with zero attached hydrogens (tertiary/aromatic N) is 3. The third kappa shape index (κ3) is 4.24. The van der Waals surface area contributed by atoms with Crippen LogP contribution >= 0.6 is 11.3 Å². The molecule has 0 saturated heterocycles. The van der Waals surface area contributed by atoms with Gasteiger partial charge in [0, 0.05) is 18.9 Å². The fourth-order valence-corrected chi connectivity index (χ4v) is 2.89. The van der Waals surface area contributed by atoms with Crippen LogP contribution in [0.1, 0.15) is 25.6 Å². The number of aromatic nitrogens is 3. The van der Waals surface area contributed by atoms with E-state index in [1.54, 1.807) is 42.7 Å². The summed E-state index contributed by atoms with van der Waals surface area (Å²) in [5.41, 5.74) is 1.20. The molecule has 0 spiro atoms. The van der Waals surface area contributed by atoms with Crippen LogP contribution in [0.15, 0.2) is 48.9 Å². The van der Waals surface area contributed by atoms with Crippen LogP contribution in [-0.4, -0.2) is 38.5 Å². The summed E-state index contributed by atoms with van der Waals surface area (Å²) in [5, 5.41) is 12.3. The summed E-state index contributed by atoms with van der Waals surface area (Å²) in [4.78, 5) is 35.8. The summed E-state index contributed by atoms with van der Waals surface area (Å²) >= 11 is 1.23. The molecule has 2 N–H and O–H groups in total. The van der Waals surface area contributed by atoms with Crippen molar-refractivity contribution >= 4 is 23.2 Å². The first-order chi connectivity index (χ1) is 12.1. The highest BCUT2D eigenvalue weighted by atomic mass is 32.1. The minimum Gasteiger partial charge on any atom is -0.478 e. The first kappa shape index (κ1) is 16.7. The highest BCUT2D eigenvalue weighted by molar-refractivity contribution is 7.16. The quantitative estimate of drug-likeness (QED) is 0.703. The zero-order valence-corrected chi connectivity index (χ0v) is 13.9. The molecule has 25 heavy (non-hydrogen) atoms. The lowest BCUT2D eigenvalue weighted by Gasteiger charge is -2.04. The highest BCUT2D eigenvalue weighted by Gasteiger charge is 2.12. The Hall–Kier alpha value is -3.13. The monoisotopic (exact) mass is 354 g/mol. The first-order valence-corrected chi connectivity index (χ1v) is 8.29. The Bertz CT molecular complexity index is 878. The number of aromatic carboxylic acids is 1. The second-order valence-corrected chi connectivity index (χ2v) is 6.14. The fourth-order valence-electron chi connectivity index (χ4n) is 2.11. The Balaban J connectivity index is 1.54. The molecule has 0 saturated carbocycles. The van der Waals surface area contributed by atoms with E-state index in [9.17, 15) is 9.59 Å². The van der Waals surface area contributed by atoms with Crippen molar-refractivity contribution in [2.24, 2.45) is 0 Å². The van der Waals surface area contributed by atoms with Gasteiger partial charge in [0.2, 0.25) is 0 Å². The van der Waals surface area contributed by atoms with E-state index in [-0.39, 0.29) is 11.5 Å². The van der Waals surface area contributed by atoms with Gasteiger partial charge >= 0.3 is 5.97 Å². The number of thiazole rings is 1. The molecule has 2 aromatic heterocycles. The molecule has 0 atom stereocenters. The van der Waals surface area contributed by atoms with Gasteiger partial charge in [-0.05, 0) is 30.2 Å². The molecule has 0 fully saturated rings. The Kier molecular flexibility index (Phi) is 5.10. The summed E-state index contributed by atoms with van der Waals surface area (Å²) in [5.74, 6) is -0.671. The van der Waals surface area contributed by atoms with E-state index >= 15 is 0 Å². The predicted molar refractivity (Wildman–Crippen MR) is 92.6 cm³/mol. The van der Waals surface area contributed by atoms with Crippen LogP contribution in [0.2, 0.25) is 0 Å². The summed E-state index contributed by atoms with van der Waals surface area (Å²) in [6.07, 6.45) is 5.37. The average molecular weight is 354 g/mol. The second-order valence-electron chi connectivity index (χ2n) is 5.11. The maximum absolute atomic E-state index is 12.2. The summed E-state index contributed by atoms with van der Waals surface area (Å²) in [7, 11) is 0. The number of hydrogen-bond donors (Lipinski definition) is 2. The van der Waals surface area contributed by atoms with Crippen molar-refractivity contribution in [3.63, 3.8) is 0 Å². The number of amides is 1. The predicted octanol–water partition coefficient (Wildman–Crippen LogP) is 2.27. The molecule has 126 valence electrons. The molecular formula is C17H14N4O3S. The van der Waals surface area contributed by atoms with E-state index in [0.717, 1.165) is 5.56 Å². The third-order valence-corrected chi connectivity index (χ3v) is 4.38. The molecule has 0 bridgehead atoms. The maximum atomic E-state index is 12.2. The van der Waals surface area contributed by atoms with Crippen LogP contribution in [0.4, 0.5) is 0 Å². The van der Waals surface area contributed by atoms with Crippen molar-refractivity contribution in [3.8, 4) is 10.8 Å². The maximum Gasteiger partial charge on any atom is 0.335 e. The Labute approximate surface area is 147 Å². The fraction of sp³-hybridized carbons (Fsp3) is 0.118. The van der Waals surface area contributed by atoms with Crippen molar-refractivity contribution in [2.75, 3.05) is 6.54 Å². The molecule has 0 aliphatic carbocycles. The normalized spacial score (nSPS) is 10.4. The molecule has 1 aromatic carbocycles. The molecular weight excluding hydrogens is 340 g/mol. The van der Waals surface area contributed by atoms with Gasteiger partial charge in [0.15, 0.2) is 10.8 Å². The van der Waals surface area contributed by atoms with E-state index in [1.165, 1.54) is 17.5 Å². The van der Waals surface area contributed by atoms with Gasteiger partial charge in [0.1, 0.15) is 4.88 Å². The lowest BCUT2D eigenvalue weighted by atomic mass is 10.1. The van der Waals surface area contributed by atoms with Gasteiger partial charge in [-0.3, -0.25) is 4.79 Å². The van der Waals surface area contributed by atoms with E-state index in [0.29, 0.717) is 28.7 Å². The topological polar surface area (TPSA) is 105 Å². The summed E-state index contributed by atoms with van der Waals surface area (Å²) in [6.45, 7) is 0.445. The lowest BCUT2D eigenvalue weighted by molar-refractivity contribution is 0.0696. The van der Waals surface area contributed by atoms with Crippen molar-refractivity contribution in [1.82, 2.24) is 20.3 Å². The van der Waals surface area contributed by atoms with Crippen LogP contribution in [0.25, 0.3) is 10.8 Å². The van der Waals surface area contributed by atoms with Gasteiger partial charge in [0.25, 0.3) is 5.91 Å². The number of carbonyl (C=O) groups excluding carboxylic acids is 1. The van der Waals surface area contributed by atoms with Gasteiger partial charge in [-0.2, -0.15) is 0 Å². The largest absolute Gasteiger partial charge is 0.478 e. The third-order valence-electron chi connectivity index (χ3n) is 3.39. The molecule has 0 radical (unpaired) electrons. The molecule has 2 heterocycles. The lowest BCUT2D eigenvalue weighted by Crippen LogP contribution is -2.24. The molecule has 0 unspecified atom stereocenters. The van der Waals surface area contributed by atoms with Crippen molar-refractivity contribution < 1.29 is 14.7 Å². The summed E-state index contributed by atoms with van der Waals surface area (Å²) in [6, 6.07) is 8.30. The highest BCUT2D eigenvalue weighted by Crippen LogP contribution is 2.21. The number of carbonyl (C=O) groups is 2. The molecule has 0 aliphatic rings. The molecule has 3 rings (SSSR count). The van der Waals surface area contributed by atoms with Crippen LogP contribution in [0.3, 0.4) is 0 Å². The minimum absolute atomic E-state index is 0.207. The standard InChI is InChI=1S/C17H14N4O3S/c22-15(13-10-21-16(25-13)14-18-7-1-8-19-14)20-9-6-11-2-4-12(5-3-11)17(23)24/h1-5,7-8,10H,6,9H2,(H,20,22)(H,23,24). The van der Waals surface area contributed by atoms with E-state index in [1.807, 2.05) is 0 Å². The second kappa shape index (κ2) is 7.63. The zero-order valence-electron chi connectivity index (χ0n) is 13.0. The van der Waals surface area contributed by atoms with Gasteiger partial charge in [-0.25, -0.2) is 19.7 Å². The van der Waals surface area contributed by atoms with E-state index in [2.05, 4.69) is 20.3 Å². The van der Waals surface area contributed by atoms with Crippen molar-refractivity contribution in [3.05, 3.63) is 64.9 Å². The van der Waals surface area contributed by atoms with Crippen LogP contribution in [0.5, 0.6) is 0 Å². The Morgan fingerprint density at radius 2 is 1.80 bits per heavy atom. The van der Waals surface area contributed by atoms with E-state index in [4.69, 9.17) is 5.11 Å². The smallest absolute Gasteiger partial charge is 0.335 e. The Morgan fingerprint density at radius 3 is 2.48 bits per heavy atom. The van der Waals surface area contributed by atoms with Gasteiger partial charge in [-0.15, -0.1) is 11.3 Å². The van der Waals surface area contributed by atoms with Gasteiger partial charge < -0.3 is 10.4 Å². The first-order valence-electron chi connectivity index (χ1n) is 7.47. The number of rotatable bonds is 6. The Morgan fingerprint density at radius 1 is 1.08 bits per heavy atom. The average Bonchev–Trinajstić information content (AvgIpc) is 3.13. The van der Waals surface area contributed by atoms with Crippen molar-refractivity contribution in [2.45, 2.75) is 6.42 Å². The molecule has 7 nitrogen and oxygen atoms in total.